The average molecular weight is 316 g/mol. The molecule has 0 aromatic heterocycles. The number of carbonyl (C=O) groups excluding carboxylic acids is 1. The SMILES string of the molecule is CCCN1C(=O)C(C)(C)Oc2ccc(C(N)C(F)(F)F)cc21. The summed E-state index contributed by atoms with van der Waals surface area (Å²) in [7, 11) is 0. The van der Waals surface area contributed by atoms with E-state index in [0.717, 1.165) is 0 Å². The zero-order chi connectivity index (χ0) is 16.7. The number of amides is 1. The highest BCUT2D eigenvalue weighted by atomic mass is 19.4. The fraction of sp³-hybridized carbons (Fsp3) is 0.533. The Kier molecular flexibility index (Phi) is 4.12. The molecule has 0 saturated carbocycles. The van der Waals surface area contributed by atoms with E-state index in [-0.39, 0.29) is 11.5 Å². The predicted molar refractivity (Wildman–Crippen MR) is 76.8 cm³/mol. The van der Waals surface area contributed by atoms with Crippen LogP contribution in [0.4, 0.5) is 18.9 Å². The Bertz CT molecular complexity index is 585. The zero-order valence-electron chi connectivity index (χ0n) is 12.7. The number of halogens is 3. The molecule has 1 amide bonds. The first-order valence-corrected chi connectivity index (χ1v) is 7.05. The molecule has 122 valence electrons. The maximum absolute atomic E-state index is 12.8. The number of ether oxygens (including phenoxy) is 1. The molecular weight excluding hydrogens is 297 g/mol. The van der Waals surface area contributed by atoms with Crippen LogP contribution in [0.15, 0.2) is 18.2 Å². The minimum atomic E-state index is -4.54. The van der Waals surface area contributed by atoms with Crippen molar-refractivity contribution in [3.05, 3.63) is 23.8 Å². The van der Waals surface area contributed by atoms with Crippen LogP contribution in [0.25, 0.3) is 0 Å². The lowest BCUT2D eigenvalue weighted by molar-refractivity contribution is -0.149. The summed E-state index contributed by atoms with van der Waals surface area (Å²) in [5.74, 6) is 0.107. The van der Waals surface area contributed by atoms with E-state index in [9.17, 15) is 18.0 Å². The first-order chi connectivity index (χ1) is 10.1. The molecule has 0 aliphatic carbocycles. The average Bonchev–Trinajstić information content (AvgIpc) is 2.41. The van der Waals surface area contributed by atoms with Gasteiger partial charge in [-0.1, -0.05) is 13.0 Å². The number of benzene rings is 1. The zero-order valence-corrected chi connectivity index (χ0v) is 12.7. The summed E-state index contributed by atoms with van der Waals surface area (Å²) in [5.41, 5.74) is 4.44. The van der Waals surface area contributed by atoms with Crippen molar-refractivity contribution in [1.82, 2.24) is 0 Å². The van der Waals surface area contributed by atoms with Gasteiger partial charge in [0.1, 0.15) is 11.8 Å². The molecular formula is C15H19F3N2O2. The standard InChI is InChI=1S/C15H19F3N2O2/c1-4-7-20-10-8-9(12(19)15(16,17)18)5-6-11(10)22-14(2,3)13(20)21/h5-6,8,12H,4,7,19H2,1-3H3. The minimum Gasteiger partial charge on any atom is -0.476 e. The number of rotatable bonds is 3. The van der Waals surface area contributed by atoms with Crippen molar-refractivity contribution in [2.75, 3.05) is 11.4 Å². The third-order valence-corrected chi connectivity index (χ3v) is 3.56. The van der Waals surface area contributed by atoms with E-state index >= 15 is 0 Å². The van der Waals surface area contributed by atoms with Crippen LogP contribution in [0.2, 0.25) is 0 Å². The van der Waals surface area contributed by atoms with E-state index in [1.807, 2.05) is 6.92 Å². The van der Waals surface area contributed by atoms with E-state index in [0.29, 0.717) is 24.4 Å². The second kappa shape index (κ2) is 5.46. The highest BCUT2D eigenvalue weighted by Crippen LogP contribution is 2.41. The van der Waals surface area contributed by atoms with E-state index < -0.39 is 17.8 Å². The molecule has 1 aliphatic heterocycles. The van der Waals surface area contributed by atoms with Gasteiger partial charge in [0.2, 0.25) is 0 Å². The number of nitrogens with two attached hydrogens (primary N) is 1. The quantitative estimate of drug-likeness (QED) is 0.932. The summed E-state index contributed by atoms with van der Waals surface area (Å²) in [6.07, 6.45) is -3.86. The molecule has 1 aliphatic rings. The van der Waals surface area contributed by atoms with Crippen molar-refractivity contribution in [3.63, 3.8) is 0 Å². The topological polar surface area (TPSA) is 55.6 Å². The van der Waals surface area contributed by atoms with E-state index in [1.54, 1.807) is 13.8 Å². The van der Waals surface area contributed by atoms with Gasteiger partial charge in [0.15, 0.2) is 5.60 Å². The predicted octanol–water partition coefficient (Wildman–Crippen LogP) is 3.16. The molecule has 0 saturated heterocycles. The molecule has 0 spiro atoms. The largest absolute Gasteiger partial charge is 0.476 e. The molecule has 4 nitrogen and oxygen atoms in total. The molecule has 2 rings (SSSR count). The van der Waals surface area contributed by atoms with E-state index in [1.165, 1.54) is 23.1 Å². The fourth-order valence-corrected chi connectivity index (χ4v) is 2.41. The molecule has 0 bridgehead atoms. The highest BCUT2D eigenvalue weighted by Gasteiger charge is 2.42. The van der Waals surface area contributed by atoms with Crippen molar-refractivity contribution in [2.45, 2.75) is 45.0 Å². The first-order valence-electron chi connectivity index (χ1n) is 7.05. The lowest BCUT2D eigenvalue weighted by Crippen LogP contribution is -2.52. The second-order valence-corrected chi connectivity index (χ2v) is 5.82. The van der Waals surface area contributed by atoms with Crippen molar-refractivity contribution in [2.24, 2.45) is 5.73 Å². The van der Waals surface area contributed by atoms with Crippen LogP contribution in [0.1, 0.15) is 38.8 Å². The Morgan fingerprint density at radius 2 is 2.00 bits per heavy atom. The van der Waals surface area contributed by atoms with E-state index in [2.05, 4.69) is 0 Å². The Morgan fingerprint density at radius 3 is 2.55 bits per heavy atom. The van der Waals surface area contributed by atoms with Crippen molar-refractivity contribution in [1.29, 1.82) is 0 Å². The molecule has 1 atom stereocenters. The first kappa shape index (κ1) is 16.6. The van der Waals surface area contributed by atoms with Crippen LogP contribution in [0.5, 0.6) is 5.75 Å². The van der Waals surface area contributed by atoms with Crippen LogP contribution in [0.3, 0.4) is 0 Å². The second-order valence-electron chi connectivity index (χ2n) is 5.82. The molecule has 1 unspecified atom stereocenters. The van der Waals surface area contributed by atoms with Crippen molar-refractivity contribution >= 4 is 11.6 Å². The molecule has 1 heterocycles. The summed E-state index contributed by atoms with van der Waals surface area (Å²) in [4.78, 5) is 13.9. The van der Waals surface area contributed by atoms with Gasteiger partial charge in [0.25, 0.3) is 5.91 Å². The molecule has 0 fully saturated rings. The van der Waals surface area contributed by atoms with Gasteiger partial charge >= 0.3 is 6.18 Å². The van der Waals surface area contributed by atoms with Crippen LogP contribution >= 0.6 is 0 Å². The lowest BCUT2D eigenvalue weighted by atomic mass is 10.0. The van der Waals surface area contributed by atoms with Gasteiger partial charge in [0.05, 0.1) is 5.69 Å². The van der Waals surface area contributed by atoms with Crippen LogP contribution < -0.4 is 15.4 Å². The lowest BCUT2D eigenvalue weighted by Gasteiger charge is -2.39. The monoisotopic (exact) mass is 316 g/mol. The Labute approximate surface area is 127 Å². The summed E-state index contributed by atoms with van der Waals surface area (Å²) in [5, 5.41) is 0. The Hall–Kier alpha value is -1.76. The number of carbonyl (C=O) groups is 1. The van der Waals surface area contributed by atoms with Crippen molar-refractivity contribution in [3.8, 4) is 5.75 Å². The minimum absolute atomic E-state index is 0.0940. The molecule has 1 aromatic rings. The molecule has 2 N–H and O–H groups in total. The summed E-state index contributed by atoms with van der Waals surface area (Å²) in [6.45, 7) is 5.57. The number of nitrogens with zero attached hydrogens (tertiary/aromatic N) is 1. The number of hydrogen-bond donors (Lipinski definition) is 1. The smallest absolute Gasteiger partial charge is 0.407 e. The third kappa shape index (κ3) is 2.90. The van der Waals surface area contributed by atoms with Gasteiger partial charge in [-0.15, -0.1) is 0 Å². The fourth-order valence-electron chi connectivity index (χ4n) is 2.41. The van der Waals surface area contributed by atoms with Gasteiger partial charge in [-0.05, 0) is 38.0 Å². The molecule has 0 radical (unpaired) electrons. The summed E-state index contributed by atoms with van der Waals surface area (Å²) >= 11 is 0. The Balaban J connectivity index is 2.49. The molecule has 22 heavy (non-hydrogen) atoms. The van der Waals surface area contributed by atoms with Crippen LogP contribution in [-0.4, -0.2) is 24.2 Å². The Morgan fingerprint density at radius 1 is 1.36 bits per heavy atom. The highest BCUT2D eigenvalue weighted by molar-refractivity contribution is 6.02. The molecule has 1 aromatic carbocycles. The summed E-state index contributed by atoms with van der Waals surface area (Å²) < 4.78 is 43.9. The van der Waals surface area contributed by atoms with E-state index in [4.69, 9.17) is 10.5 Å². The number of fused-ring (bicyclic) bond motifs is 1. The maximum Gasteiger partial charge on any atom is 0.407 e. The summed E-state index contributed by atoms with van der Waals surface area (Å²) in [6, 6.07) is 1.92. The van der Waals surface area contributed by atoms with Gasteiger partial charge in [-0.2, -0.15) is 13.2 Å². The van der Waals surface area contributed by atoms with Gasteiger partial charge in [-0.3, -0.25) is 4.79 Å². The number of hydrogen-bond acceptors (Lipinski definition) is 3. The molecule has 7 heteroatoms. The van der Waals surface area contributed by atoms with Gasteiger partial charge in [0, 0.05) is 6.54 Å². The number of anilines is 1. The van der Waals surface area contributed by atoms with Gasteiger partial charge in [-0.25, -0.2) is 0 Å². The van der Waals surface area contributed by atoms with Crippen LogP contribution in [0, 0.1) is 0 Å². The van der Waals surface area contributed by atoms with Crippen molar-refractivity contribution < 1.29 is 22.7 Å². The van der Waals surface area contributed by atoms with Gasteiger partial charge < -0.3 is 15.4 Å². The maximum atomic E-state index is 12.8. The normalized spacial score (nSPS) is 18.7. The third-order valence-electron chi connectivity index (χ3n) is 3.56. The van der Waals surface area contributed by atoms with Crippen LogP contribution in [-0.2, 0) is 4.79 Å². The number of alkyl halides is 3.